The maximum absolute atomic E-state index is 11.7. The number of rotatable bonds is 23. The van der Waals surface area contributed by atoms with Gasteiger partial charge in [-0.05, 0) is 32.1 Å². The van der Waals surface area contributed by atoms with Crippen LogP contribution in [-0.2, 0) is 23.1 Å². The molecule has 0 fully saturated rings. The molecule has 0 saturated carbocycles. The first-order valence-electron chi connectivity index (χ1n) is 12.9. The van der Waals surface area contributed by atoms with Gasteiger partial charge in [0.25, 0.3) is 0 Å². The third kappa shape index (κ3) is 25.7. The van der Waals surface area contributed by atoms with Crippen LogP contribution in [0.3, 0.4) is 0 Å². The number of carbonyl (C=O) groups is 1. The number of allylic oxidation sites excluding steroid dienone is 2. The molecule has 196 valence electrons. The van der Waals surface area contributed by atoms with E-state index in [1.165, 1.54) is 57.8 Å². The Morgan fingerprint density at radius 2 is 1.30 bits per heavy atom. The molecule has 7 nitrogen and oxygen atoms in total. The van der Waals surface area contributed by atoms with Crippen LogP contribution in [0.2, 0.25) is 0 Å². The van der Waals surface area contributed by atoms with E-state index in [2.05, 4.69) is 19.1 Å². The Bertz CT molecular complexity index is 548. The standard InChI is InChI=1S/C25H50NO6P/c1-5-6-7-8-9-10-11-12-13-14-15-16-17-18-19-20-25(27)30-23-24-32-33(28,29)31-22-21-26(2,3)4/h12-13H,5-11,14-24H2,1-4H3/p+1. The van der Waals surface area contributed by atoms with Crippen molar-refractivity contribution in [3.63, 3.8) is 0 Å². The van der Waals surface area contributed by atoms with Gasteiger partial charge in [-0.15, -0.1) is 0 Å². The fourth-order valence-corrected chi connectivity index (χ4v) is 3.88. The molecule has 1 atom stereocenters. The highest BCUT2D eigenvalue weighted by atomic mass is 31.2. The van der Waals surface area contributed by atoms with Crippen molar-refractivity contribution in [1.29, 1.82) is 0 Å². The van der Waals surface area contributed by atoms with E-state index in [-0.39, 0.29) is 25.8 Å². The minimum atomic E-state index is -4.10. The highest BCUT2D eigenvalue weighted by molar-refractivity contribution is 7.47. The number of hydrogen-bond donors (Lipinski definition) is 1. The predicted octanol–water partition coefficient (Wildman–Crippen LogP) is 6.41. The lowest BCUT2D eigenvalue weighted by Gasteiger charge is -2.23. The first-order chi connectivity index (χ1) is 15.7. The van der Waals surface area contributed by atoms with Crippen LogP contribution in [0.4, 0.5) is 0 Å². The van der Waals surface area contributed by atoms with E-state index in [0.717, 1.165) is 25.7 Å². The first-order valence-corrected chi connectivity index (χ1v) is 14.4. The van der Waals surface area contributed by atoms with Crippen LogP contribution < -0.4 is 0 Å². The molecule has 0 aliphatic carbocycles. The predicted molar refractivity (Wildman–Crippen MR) is 135 cm³/mol. The summed E-state index contributed by atoms with van der Waals surface area (Å²) in [6.45, 7) is 2.75. The van der Waals surface area contributed by atoms with E-state index < -0.39 is 7.82 Å². The van der Waals surface area contributed by atoms with Crippen molar-refractivity contribution >= 4 is 13.8 Å². The van der Waals surface area contributed by atoms with E-state index in [0.29, 0.717) is 17.4 Å². The Hall–Kier alpha value is -0.720. The molecule has 0 aromatic heterocycles. The number of quaternary nitrogens is 1. The Labute approximate surface area is 203 Å². The van der Waals surface area contributed by atoms with Crippen molar-refractivity contribution in [2.24, 2.45) is 0 Å². The Balaban J connectivity index is 3.47. The number of unbranched alkanes of at least 4 members (excludes halogenated alkanes) is 11. The van der Waals surface area contributed by atoms with Crippen molar-refractivity contribution in [3.05, 3.63) is 12.2 Å². The number of nitrogens with zero attached hydrogens (tertiary/aromatic N) is 1. The zero-order valence-corrected chi connectivity index (χ0v) is 22.7. The van der Waals surface area contributed by atoms with Gasteiger partial charge in [0.1, 0.15) is 19.8 Å². The van der Waals surface area contributed by atoms with Crippen molar-refractivity contribution in [3.8, 4) is 0 Å². The van der Waals surface area contributed by atoms with E-state index in [9.17, 15) is 14.3 Å². The van der Waals surface area contributed by atoms with Crippen molar-refractivity contribution < 1.29 is 32.5 Å². The summed E-state index contributed by atoms with van der Waals surface area (Å²) in [6, 6.07) is 0. The van der Waals surface area contributed by atoms with Crippen LogP contribution in [-0.4, -0.2) is 62.9 Å². The summed E-state index contributed by atoms with van der Waals surface area (Å²) in [4.78, 5) is 21.3. The topological polar surface area (TPSA) is 82.1 Å². The smallest absolute Gasteiger partial charge is 0.463 e. The summed E-state index contributed by atoms with van der Waals surface area (Å²) in [5, 5.41) is 0. The largest absolute Gasteiger partial charge is 0.472 e. The van der Waals surface area contributed by atoms with Gasteiger partial charge in [0.05, 0.1) is 27.7 Å². The van der Waals surface area contributed by atoms with Crippen LogP contribution in [0.25, 0.3) is 0 Å². The summed E-state index contributed by atoms with van der Waals surface area (Å²) in [7, 11) is 1.78. The van der Waals surface area contributed by atoms with E-state index in [1.807, 2.05) is 21.1 Å². The number of carbonyl (C=O) groups excluding carboxylic acids is 1. The van der Waals surface area contributed by atoms with Gasteiger partial charge in [0.15, 0.2) is 0 Å². The molecule has 0 bridgehead atoms. The summed E-state index contributed by atoms with van der Waals surface area (Å²) >= 11 is 0. The van der Waals surface area contributed by atoms with Crippen LogP contribution >= 0.6 is 7.82 Å². The first kappa shape index (κ1) is 32.3. The monoisotopic (exact) mass is 492 g/mol. The minimum absolute atomic E-state index is 0.0485. The summed E-state index contributed by atoms with van der Waals surface area (Å²) in [5.41, 5.74) is 0. The number of phosphoric acid groups is 1. The van der Waals surface area contributed by atoms with Crippen molar-refractivity contribution in [1.82, 2.24) is 0 Å². The maximum atomic E-state index is 11.7. The van der Waals surface area contributed by atoms with Crippen LogP contribution in [0.5, 0.6) is 0 Å². The lowest BCUT2D eigenvalue weighted by Crippen LogP contribution is -2.37. The lowest BCUT2D eigenvalue weighted by atomic mass is 10.1. The molecule has 0 aromatic rings. The van der Waals surface area contributed by atoms with Gasteiger partial charge in [-0.3, -0.25) is 13.8 Å². The lowest BCUT2D eigenvalue weighted by molar-refractivity contribution is -0.870. The third-order valence-corrected chi connectivity index (χ3v) is 6.28. The number of ether oxygens (including phenoxy) is 1. The third-order valence-electron chi connectivity index (χ3n) is 5.26. The second-order valence-electron chi connectivity index (χ2n) is 9.70. The highest BCUT2D eigenvalue weighted by Gasteiger charge is 2.22. The van der Waals surface area contributed by atoms with Gasteiger partial charge in [-0.1, -0.05) is 70.4 Å². The zero-order chi connectivity index (χ0) is 24.8. The molecule has 0 aliphatic rings. The molecule has 0 aromatic carbocycles. The molecular weight excluding hydrogens is 441 g/mol. The molecule has 0 radical (unpaired) electrons. The van der Waals surface area contributed by atoms with Crippen LogP contribution in [0.1, 0.15) is 96.8 Å². The molecular formula is C25H51NO6P+. The molecule has 1 unspecified atom stereocenters. The molecule has 1 N–H and O–H groups in total. The fourth-order valence-electron chi connectivity index (χ4n) is 3.19. The molecule has 0 saturated heterocycles. The quantitative estimate of drug-likeness (QED) is 0.0584. The molecule has 0 amide bonds. The summed E-state index contributed by atoms with van der Waals surface area (Å²) < 4.78 is 27.1. The van der Waals surface area contributed by atoms with Gasteiger partial charge >= 0.3 is 13.8 Å². The van der Waals surface area contributed by atoms with Gasteiger partial charge in [0.2, 0.25) is 0 Å². The van der Waals surface area contributed by atoms with Crippen LogP contribution in [0, 0.1) is 0 Å². The molecule has 0 rings (SSSR count). The molecule has 0 aliphatic heterocycles. The molecule has 8 heteroatoms. The van der Waals surface area contributed by atoms with Gasteiger partial charge in [-0.2, -0.15) is 0 Å². The van der Waals surface area contributed by atoms with Gasteiger partial charge in [-0.25, -0.2) is 4.57 Å². The van der Waals surface area contributed by atoms with Crippen molar-refractivity contribution in [2.45, 2.75) is 96.8 Å². The molecule has 33 heavy (non-hydrogen) atoms. The average molecular weight is 493 g/mol. The molecule has 0 heterocycles. The molecule has 0 spiro atoms. The number of likely N-dealkylation sites (N-methyl/N-ethyl adjacent to an activating group) is 1. The van der Waals surface area contributed by atoms with E-state index in [4.69, 9.17) is 13.8 Å². The Kier molecular flexibility index (Phi) is 20.2. The van der Waals surface area contributed by atoms with Gasteiger partial charge in [0, 0.05) is 6.42 Å². The summed E-state index contributed by atoms with van der Waals surface area (Å²) in [5.74, 6) is -0.296. The fraction of sp³-hybridized carbons (Fsp3) is 0.880. The number of esters is 1. The Morgan fingerprint density at radius 3 is 1.88 bits per heavy atom. The van der Waals surface area contributed by atoms with E-state index in [1.54, 1.807) is 0 Å². The van der Waals surface area contributed by atoms with Crippen LogP contribution in [0.15, 0.2) is 12.2 Å². The Morgan fingerprint density at radius 1 is 0.788 bits per heavy atom. The maximum Gasteiger partial charge on any atom is 0.472 e. The highest BCUT2D eigenvalue weighted by Crippen LogP contribution is 2.42. The van der Waals surface area contributed by atoms with E-state index >= 15 is 0 Å². The second kappa shape index (κ2) is 20.6. The number of phosphoric ester groups is 1. The SMILES string of the molecule is CCCCCCCCC=CCCCCCCCC(=O)OCCOP(=O)(O)OCC[N+](C)(C)C. The average Bonchev–Trinajstić information content (AvgIpc) is 2.73. The minimum Gasteiger partial charge on any atom is -0.463 e. The number of hydrogen-bond acceptors (Lipinski definition) is 5. The van der Waals surface area contributed by atoms with Gasteiger partial charge < -0.3 is 14.1 Å². The zero-order valence-electron chi connectivity index (χ0n) is 21.8. The normalized spacial score (nSPS) is 14.0. The summed E-state index contributed by atoms with van der Waals surface area (Å²) in [6.07, 6.45) is 20.8. The van der Waals surface area contributed by atoms with Crippen molar-refractivity contribution in [2.75, 3.05) is 47.5 Å². The second-order valence-corrected chi connectivity index (χ2v) is 11.2.